The number of rotatable bonds is 5. The van der Waals surface area contributed by atoms with Crippen molar-refractivity contribution in [2.45, 2.75) is 45.6 Å². The molecule has 5 nitrogen and oxygen atoms in total. The average molecular weight is 470 g/mol. The van der Waals surface area contributed by atoms with E-state index in [0.717, 1.165) is 23.1 Å². The molecule has 1 fully saturated rings. The lowest BCUT2D eigenvalue weighted by atomic mass is 9.85. The maximum atomic E-state index is 13.3. The summed E-state index contributed by atoms with van der Waals surface area (Å²) in [6.07, 6.45) is 0.864. The number of aliphatic hydroxyl groups excluding tert-OH is 1. The number of anilines is 1. The Morgan fingerprint density at radius 2 is 1.51 bits per heavy atom. The molecular weight excluding hydrogens is 438 g/mol. The van der Waals surface area contributed by atoms with Crippen molar-refractivity contribution in [3.8, 4) is 5.75 Å². The summed E-state index contributed by atoms with van der Waals surface area (Å²) < 4.78 is 5.25. The van der Waals surface area contributed by atoms with E-state index in [-0.39, 0.29) is 16.7 Å². The van der Waals surface area contributed by atoms with Crippen molar-refractivity contribution < 1.29 is 19.4 Å². The van der Waals surface area contributed by atoms with E-state index in [1.807, 2.05) is 36.4 Å². The van der Waals surface area contributed by atoms with Crippen LogP contribution in [0.1, 0.15) is 56.0 Å². The molecule has 1 amide bonds. The lowest BCUT2D eigenvalue weighted by Crippen LogP contribution is -2.29. The number of benzene rings is 3. The van der Waals surface area contributed by atoms with Crippen LogP contribution in [0.5, 0.6) is 5.75 Å². The maximum absolute atomic E-state index is 13.3. The summed E-state index contributed by atoms with van der Waals surface area (Å²) in [5, 5.41) is 11.3. The zero-order valence-electron chi connectivity index (χ0n) is 20.8. The Labute approximate surface area is 206 Å². The van der Waals surface area contributed by atoms with Gasteiger partial charge in [0.25, 0.3) is 11.7 Å². The van der Waals surface area contributed by atoms with E-state index in [4.69, 9.17) is 4.74 Å². The summed E-state index contributed by atoms with van der Waals surface area (Å²) in [5.41, 5.74) is 4.10. The van der Waals surface area contributed by atoms with Crippen LogP contribution >= 0.6 is 0 Å². The van der Waals surface area contributed by atoms with E-state index in [0.29, 0.717) is 17.0 Å². The van der Waals surface area contributed by atoms with Crippen LogP contribution < -0.4 is 9.64 Å². The van der Waals surface area contributed by atoms with Gasteiger partial charge in [0.1, 0.15) is 11.5 Å². The molecule has 180 valence electrons. The molecule has 35 heavy (non-hydrogen) atoms. The molecule has 4 rings (SSSR count). The molecule has 1 N–H and O–H groups in total. The Morgan fingerprint density at radius 1 is 0.914 bits per heavy atom. The molecule has 1 aliphatic rings. The fraction of sp³-hybridized carbons (Fsp3) is 0.267. The molecule has 0 radical (unpaired) electrons. The smallest absolute Gasteiger partial charge is 0.300 e. The SMILES string of the molecule is CCc1ccc(/C(O)=C2/C(=O)C(=O)N(c3ccc(OC)cc3)C2c2ccc(C(C)(C)C)cc2)cc1. The minimum absolute atomic E-state index is 0.0443. The number of carbonyl (C=O) groups is 2. The van der Waals surface area contributed by atoms with Gasteiger partial charge in [-0.05, 0) is 52.8 Å². The number of ether oxygens (including phenoxy) is 1. The van der Waals surface area contributed by atoms with Gasteiger partial charge in [0.05, 0.1) is 18.7 Å². The van der Waals surface area contributed by atoms with Crippen molar-refractivity contribution in [1.82, 2.24) is 0 Å². The Hall–Kier alpha value is -3.86. The average Bonchev–Trinajstić information content (AvgIpc) is 3.13. The summed E-state index contributed by atoms with van der Waals surface area (Å²) in [6, 6.07) is 21.5. The van der Waals surface area contributed by atoms with E-state index in [1.54, 1.807) is 43.5 Å². The molecule has 1 unspecified atom stereocenters. The highest BCUT2D eigenvalue weighted by atomic mass is 16.5. The van der Waals surface area contributed by atoms with E-state index in [2.05, 4.69) is 27.7 Å². The van der Waals surface area contributed by atoms with E-state index in [9.17, 15) is 14.7 Å². The third-order valence-electron chi connectivity index (χ3n) is 6.52. The molecule has 0 spiro atoms. The molecule has 1 aliphatic heterocycles. The molecule has 1 heterocycles. The highest BCUT2D eigenvalue weighted by molar-refractivity contribution is 6.51. The first-order valence-corrected chi connectivity index (χ1v) is 11.8. The molecule has 0 aromatic heterocycles. The van der Waals surface area contributed by atoms with E-state index < -0.39 is 17.7 Å². The van der Waals surface area contributed by atoms with Crippen molar-refractivity contribution in [3.05, 3.63) is 101 Å². The van der Waals surface area contributed by atoms with Gasteiger partial charge in [0.15, 0.2) is 0 Å². The van der Waals surface area contributed by atoms with Crippen LogP contribution in [0.4, 0.5) is 5.69 Å². The molecule has 0 saturated carbocycles. The number of hydrogen-bond donors (Lipinski definition) is 1. The van der Waals surface area contributed by atoms with Crippen molar-refractivity contribution in [1.29, 1.82) is 0 Å². The van der Waals surface area contributed by atoms with Crippen LogP contribution in [0.3, 0.4) is 0 Å². The number of methoxy groups -OCH3 is 1. The highest BCUT2D eigenvalue weighted by Gasteiger charge is 2.47. The molecule has 1 saturated heterocycles. The first kappa shape index (κ1) is 24.3. The number of aryl methyl sites for hydroxylation is 1. The van der Waals surface area contributed by atoms with Gasteiger partial charge >= 0.3 is 0 Å². The summed E-state index contributed by atoms with van der Waals surface area (Å²) in [5.74, 6) is -0.908. The number of nitrogens with zero attached hydrogens (tertiary/aromatic N) is 1. The van der Waals surface area contributed by atoms with Gasteiger partial charge in [0.2, 0.25) is 0 Å². The van der Waals surface area contributed by atoms with Crippen LogP contribution in [-0.4, -0.2) is 23.9 Å². The zero-order chi connectivity index (χ0) is 25.3. The third-order valence-corrected chi connectivity index (χ3v) is 6.52. The third kappa shape index (κ3) is 4.59. The summed E-state index contributed by atoms with van der Waals surface area (Å²) >= 11 is 0. The van der Waals surface area contributed by atoms with Crippen molar-refractivity contribution in [2.75, 3.05) is 12.0 Å². The number of hydrogen-bond acceptors (Lipinski definition) is 4. The van der Waals surface area contributed by atoms with Crippen molar-refractivity contribution in [3.63, 3.8) is 0 Å². The Kier molecular flexibility index (Phi) is 6.53. The summed E-state index contributed by atoms with van der Waals surface area (Å²) in [6.45, 7) is 8.44. The van der Waals surface area contributed by atoms with Gasteiger partial charge in [-0.15, -0.1) is 0 Å². The predicted molar refractivity (Wildman–Crippen MR) is 139 cm³/mol. The van der Waals surface area contributed by atoms with Gasteiger partial charge in [-0.1, -0.05) is 76.2 Å². The molecule has 0 aliphatic carbocycles. The van der Waals surface area contributed by atoms with Crippen LogP contribution in [0.2, 0.25) is 0 Å². The molecule has 5 heteroatoms. The lowest BCUT2D eigenvalue weighted by Gasteiger charge is -2.26. The fourth-order valence-corrected chi connectivity index (χ4v) is 4.38. The van der Waals surface area contributed by atoms with Crippen LogP contribution in [-0.2, 0) is 21.4 Å². The second-order valence-electron chi connectivity index (χ2n) is 9.79. The largest absolute Gasteiger partial charge is 0.507 e. The number of carbonyl (C=O) groups excluding carboxylic acids is 2. The summed E-state index contributed by atoms with van der Waals surface area (Å²) in [7, 11) is 1.57. The predicted octanol–water partition coefficient (Wildman–Crippen LogP) is 6.18. The van der Waals surface area contributed by atoms with Gasteiger partial charge in [-0.2, -0.15) is 0 Å². The normalized spacial score (nSPS) is 17.6. The zero-order valence-corrected chi connectivity index (χ0v) is 20.8. The van der Waals surface area contributed by atoms with E-state index in [1.165, 1.54) is 4.90 Å². The van der Waals surface area contributed by atoms with Crippen molar-refractivity contribution >= 4 is 23.1 Å². The number of amides is 1. The van der Waals surface area contributed by atoms with Crippen LogP contribution in [0.15, 0.2) is 78.4 Å². The lowest BCUT2D eigenvalue weighted by molar-refractivity contribution is -0.132. The summed E-state index contributed by atoms with van der Waals surface area (Å²) in [4.78, 5) is 28.1. The second-order valence-corrected chi connectivity index (χ2v) is 9.79. The first-order chi connectivity index (χ1) is 16.7. The van der Waals surface area contributed by atoms with Crippen molar-refractivity contribution in [2.24, 2.45) is 0 Å². The Bertz CT molecular complexity index is 1260. The van der Waals surface area contributed by atoms with Gasteiger partial charge in [-0.25, -0.2) is 0 Å². The monoisotopic (exact) mass is 469 g/mol. The Morgan fingerprint density at radius 3 is 2.03 bits per heavy atom. The molecule has 1 atom stereocenters. The van der Waals surface area contributed by atoms with Gasteiger partial charge in [0, 0.05) is 11.3 Å². The van der Waals surface area contributed by atoms with Gasteiger partial charge in [-0.3, -0.25) is 14.5 Å². The molecular formula is C30H31NO4. The highest BCUT2D eigenvalue weighted by Crippen LogP contribution is 2.42. The van der Waals surface area contributed by atoms with Gasteiger partial charge < -0.3 is 9.84 Å². The standard InChI is InChI=1S/C30H31NO4/c1-6-19-7-9-21(10-8-19)27(32)25-26(20-11-13-22(14-12-20)30(2,3)4)31(29(34)28(25)33)23-15-17-24(35-5)18-16-23/h7-18,26,32H,6H2,1-5H3/b27-25-. The minimum Gasteiger partial charge on any atom is -0.507 e. The quantitative estimate of drug-likeness (QED) is 0.275. The topological polar surface area (TPSA) is 66.8 Å². The second kappa shape index (κ2) is 9.41. The van der Waals surface area contributed by atoms with Crippen LogP contribution in [0.25, 0.3) is 5.76 Å². The van der Waals surface area contributed by atoms with Crippen LogP contribution in [0, 0.1) is 0 Å². The van der Waals surface area contributed by atoms with E-state index >= 15 is 0 Å². The maximum Gasteiger partial charge on any atom is 0.300 e. The Balaban J connectivity index is 1.89. The minimum atomic E-state index is -0.761. The number of ketones is 1. The first-order valence-electron chi connectivity index (χ1n) is 11.8. The number of Topliss-reactive ketones (excluding diaryl/α,β-unsaturated/α-hetero) is 1. The number of aliphatic hydroxyl groups is 1. The molecule has 3 aromatic rings. The molecule has 0 bridgehead atoms. The fourth-order valence-electron chi connectivity index (χ4n) is 4.38. The molecule has 3 aromatic carbocycles.